The third kappa shape index (κ3) is 3.22. The topological polar surface area (TPSA) is 52.6 Å². The molecule has 0 aromatic carbocycles. The van der Waals surface area contributed by atoms with E-state index in [4.69, 9.17) is 4.74 Å². The first-order chi connectivity index (χ1) is 6.83. The van der Waals surface area contributed by atoms with Gasteiger partial charge in [-0.2, -0.15) is 0 Å². The standard InChI is InChI=1S/C11H18O4/c1-11(2,3)15-10(13)8-5-7(6-8)9(12)14-4/h7-8H,5-6H2,1-4H3. The Morgan fingerprint density at radius 1 is 1.07 bits per heavy atom. The predicted molar refractivity (Wildman–Crippen MR) is 54.1 cm³/mol. The Hall–Kier alpha value is -1.06. The fourth-order valence-electron chi connectivity index (χ4n) is 1.55. The van der Waals surface area contributed by atoms with Crippen LogP contribution in [-0.4, -0.2) is 24.6 Å². The van der Waals surface area contributed by atoms with Gasteiger partial charge in [0.25, 0.3) is 0 Å². The van der Waals surface area contributed by atoms with Crippen LogP contribution >= 0.6 is 0 Å². The molecule has 0 aromatic rings. The van der Waals surface area contributed by atoms with E-state index in [1.165, 1.54) is 7.11 Å². The second-order valence-corrected chi connectivity index (χ2v) is 4.92. The monoisotopic (exact) mass is 214 g/mol. The maximum absolute atomic E-state index is 11.5. The van der Waals surface area contributed by atoms with Crippen molar-refractivity contribution in [2.75, 3.05) is 7.11 Å². The SMILES string of the molecule is COC(=O)C1CC(C(=O)OC(C)(C)C)C1. The highest BCUT2D eigenvalue weighted by Crippen LogP contribution is 2.36. The number of hydrogen-bond donors (Lipinski definition) is 0. The van der Waals surface area contributed by atoms with E-state index in [2.05, 4.69) is 4.74 Å². The molecule has 0 radical (unpaired) electrons. The minimum Gasteiger partial charge on any atom is -0.469 e. The Morgan fingerprint density at radius 2 is 1.53 bits per heavy atom. The average Bonchev–Trinajstić information content (AvgIpc) is 1.97. The highest BCUT2D eigenvalue weighted by atomic mass is 16.6. The lowest BCUT2D eigenvalue weighted by molar-refractivity contribution is -0.168. The molecule has 1 aliphatic rings. The predicted octanol–water partition coefficient (Wildman–Crippen LogP) is 1.53. The largest absolute Gasteiger partial charge is 0.469 e. The summed E-state index contributed by atoms with van der Waals surface area (Å²) in [6.45, 7) is 5.50. The van der Waals surface area contributed by atoms with Crippen LogP contribution in [0, 0.1) is 11.8 Å². The molecular weight excluding hydrogens is 196 g/mol. The molecule has 0 bridgehead atoms. The first-order valence-electron chi connectivity index (χ1n) is 5.14. The van der Waals surface area contributed by atoms with Gasteiger partial charge >= 0.3 is 11.9 Å². The molecule has 0 N–H and O–H groups in total. The van der Waals surface area contributed by atoms with Gasteiger partial charge in [0.1, 0.15) is 5.60 Å². The van der Waals surface area contributed by atoms with Gasteiger partial charge in [0.15, 0.2) is 0 Å². The lowest BCUT2D eigenvalue weighted by Gasteiger charge is -2.33. The molecule has 0 amide bonds. The van der Waals surface area contributed by atoms with Crippen LogP contribution in [0.25, 0.3) is 0 Å². The average molecular weight is 214 g/mol. The summed E-state index contributed by atoms with van der Waals surface area (Å²) in [5.41, 5.74) is -0.451. The van der Waals surface area contributed by atoms with Crippen molar-refractivity contribution in [1.82, 2.24) is 0 Å². The quantitative estimate of drug-likeness (QED) is 0.654. The molecule has 4 nitrogen and oxygen atoms in total. The lowest BCUT2D eigenvalue weighted by atomic mass is 9.75. The molecule has 4 heteroatoms. The van der Waals surface area contributed by atoms with E-state index in [0.717, 1.165) is 0 Å². The van der Waals surface area contributed by atoms with Crippen LogP contribution in [0.5, 0.6) is 0 Å². The Bertz CT molecular complexity index is 258. The lowest BCUT2D eigenvalue weighted by Crippen LogP contribution is -2.39. The number of rotatable bonds is 2. The van der Waals surface area contributed by atoms with Crippen LogP contribution in [0.4, 0.5) is 0 Å². The van der Waals surface area contributed by atoms with Crippen molar-refractivity contribution in [2.45, 2.75) is 39.2 Å². The van der Waals surface area contributed by atoms with E-state index >= 15 is 0 Å². The molecule has 0 unspecified atom stereocenters. The normalized spacial score (nSPS) is 25.3. The first-order valence-corrected chi connectivity index (χ1v) is 5.14. The number of carbonyl (C=O) groups excluding carboxylic acids is 2. The maximum atomic E-state index is 11.5. The summed E-state index contributed by atoms with van der Waals surface area (Å²) < 4.78 is 9.80. The van der Waals surface area contributed by atoms with Crippen LogP contribution < -0.4 is 0 Å². The molecule has 0 aromatic heterocycles. The number of methoxy groups -OCH3 is 1. The Kier molecular flexibility index (Phi) is 3.37. The molecule has 0 atom stereocenters. The van der Waals surface area contributed by atoms with Crippen molar-refractivity contribution in [2.24, 2.45) is 11.8 Å². The highest BCUT2D eigenvalue weighted by molar-refractivity contribution is 5.80. The Balaban J connectivity index is 2.33. The molecule has 1 saturated carbocycles. The zero-order valence-electron chi connectivity index (χ0n) is 9.70. The minimum absolute atomic E-state index is 0.118. The zero-order valence-corrected chi connectivity index (χ0v) is 9.70. The van der Waals surface area contributed by atoms with E-state index in [1.807, 2.05) is 20.8 Å². The second-order valence-electron chi connectivity index (χ2n) is 4.92. The number of hydrogen-bond acceptors (Lipinski definition) is 4. The van der Waals surface area contributed by atoms with Crippen LogP contribution in [0.3, 0.4) is 0 Å². The summed E-state index contributed by atoms with van der Waals surface area (Å²) in [6.07, 6.45) is 1.11. The van der Waals surface area contributed by atoms with Gasteiger partial charge in [-0.3, -0.25) is 9.59 Å². The van der Waals surface area contributed by atoms with E-state index in [-0.39, 0.29) is 23.8 Å². The third-order valence-electron chi connectivity index (χ3n) is 2.41. The Morgan fingerprint density at radius 3 is 1.93 bits per heavy atom. The van der Waals surface area contributed by atoms with Crippen LogP contribution in [0.1, 0.15) is 33.6 Å². The second kappa shape index (κ2) is 4.21. The van der Waals surface area contributed by atoms with E-state index < -0.39 is 5.60 Å². The van der Waals surface area contributed by atoms with Gasteiger partial charge in [-0.05, 0) is 33.6 Å². The molecule has 1 fully saturated rings. The highest BCUT2D eigenvalue weighted by Gasteiger charge is 2.41. The number of carbonyl (C=O) groups is 2. The van der Waals surface area contributed by atoms with Gasteiger partial charge in [-0.25, -0.2) is 0 Å². The molecular formula is C11H18O4. The molecule has 0 spiro atoms. The fourth-order valence-corrected chi connectivity index (χ4v) is 1.55. The van der Waals surface area contributed by atoms with Crippen molar-refractivity contribution in [3.63, 3.8) is 0 Å². The first kappa shape index (κ1) is 12.0. The summed E-state index contributed by atoms with van der Waals surface area (Å²) in [6, 6.07) is 0. The van der Waals surface area contributed by atoms with Crippen molar-refractivity contribution in [3.05, 3.63) is 0 Å². The van der Waals surface area contributed by atoms with Gasteiger partial charge < -0.3 is 9.47 Å². The van der Waals surface area contributed by atoms with Crippen LogP contribution in [0.15, 0.2) is 0 Å². The van der Waals surface area contributed by atoms with E-state index in [1.54, 1.807) is 0 Å². The molecule has 0 aliphatic heterocycles. The van der Waals surface area contributed by atoms with Crippen molar-refractivity contribution in [3.8, 4) is 0 Å². The summed E-state index contributed by atoms with van der Waals surface area (Å²) >= 11 is 0. The van der Waals surface area contributed by atoms with Crippen molar-refractivity contribution >= 4 is 11.9 Å². The van der Waals surface area contributed by atoms with Gasteiger partial charge in [0.2, 0.25) is 0 Å². The van der Waals surface area contributed by atoms with Gasteiger partial charge in [0, 0.05) is 0 Å². The molecule has 86 valence electrons. The smallest absolute Gasteiger partial charge is 0.309 e. The maximum Gasteiger partial charge on any atom is 0.309 e. The van der Waals surface area contributed by atoms with E-state index in [9.17, 15) is 9.59 Å². The number of esters is 2. The minimum atomic E-state index is -0.451. The van der Waals surface area contributed by atoms with Gasteiger partial charge in [-0.15, -0.1) is 0 Å². The molecule has 1 aliphatic carbocycles. The fraction of sp³-hybridized carbons (Fsp3) is 0.818. The Labute approximate surface area is 89.9 Å². The van der Waals surface area contributed by atoms with Crippen molar-refractivity contribution in [1.29, 1.82) is 0 Å². The zero-order chi connectivity index (χ0) is 11.6. The summed E-state index contributed by atoms with van der Waals surface area (Å²) in [4.78, 5) is 22.6. The summed E-state index contributed by atoms with van der Waals surface area (Å²) in [7, 11) is 1.36. The molecule has 1 rings (SSSR count). The van der Waals surface area contributed by atoms with Gasteiger partial charge in [0.05, 0.1) is 18.9 Å². The summed E-state index contributed by atoms with van der Waals surface area (Å²) in [5, 5.41) is 0. The molecule has 0 saturated heterocycles. The van der Waals surface area contributed by atoms with Gasteiger partial charge in [-0.1, -0.05) is 0 Å². The number of ether oxygens (including phenoxy) is 2. The molecule has 15 heavy (non-hydrogen) atoms. The third-order valence-corrected chi connectivity index (χ3v) is 2.41. The van der Waals surface area contributed by atoms with E-state index in [0.29, 0.717) is 12.8 Å². The van der Waals surface area contributed by atoms with Crippen LogP contribution in [0.2, 0.25) is 0 Å². The van der Waals surface area contributed by atoms with Crippen LogP contribution in [-0.2, 0) is 19.1 Å². The summed E-state index contributed by atoms with van der Waals surface area (Å²) in [5.74, 6) is -0.682. The van der Waals surface area contributed by atoms with Crippen molar-refractivity contribution < 1.29 is 19.1 Å². The molecule has 0 heterocycles.